The highest BCUT2D eigenvalue weighted by Crippen LogP contribution is 2.35. The van der Waals surface area contributed by atoms with Crippen LogP contribution in [0, 0.1) is 5.92 Å². The Hall–Kier alpha value is -3.39. The van der Waals surface area contributed by atoms with Crippen molar-refractivity contribution in [2.75, 3.05) is 0 Å². The van der Waals surface area contributed by atoms with E-state index in [4.69, 9.17) is 7.16 Å². The fraction of sp³-hybridized carbons (Fsp3) is 0.207. The fourth-order valence-electron chi connectivity index (χ4n) is 4.73. The molecule has 0 unspecified atom stereocenters. The molecule has 2 heterocycles. The summed E-state index contributed by atoms with van der Waals surface area (Å²) in [6.45, 7) is 0. The van der Waals surface area contributed by atoms with Crippen molar-refractivity contribution in [1.29, 1.82) is 0 Å². The fourth-order valence-corrected chi connectivity index (χ4v) is 4.73. The number of fused-ring (bicyclic) bond motifs is 3. The third-order valence-corrected chi connectivity index (χ3v) is 6.36. The Morgan fingerprint density at radius 1 is 0.774 bits per heavy atom. The number of rotatable bonds is 4. The minimum atomic E-state index is -1.33. The number of nitrogens with zero attached hydrogens (tertiary/aromatic N) is 1. The van der Waals surface area contributed by atoms with Gasteiger partial charge in [0, 0.05) is 25.3 Å². The van der Waals surface area contributed by atoms with Crippen LogP contribution < -0.4 is 0 Å². The summed E-state index contributed by atoms with van der Waals surface area (Å²) in [7, 11) is 0. The van der Waals surface area contributed by atoms with Crippen LogP contribution in [0.2, 0.25) is 0 Å². The molecule has 0 bridgehead atoms. The Morgan fingerprint density at radius 2 is 1.48 bits per heavy atom. The quantitative estimate of drug-likeness (QED) is 0.302. The summed E-state index contributed by atoms with van der Waals surface area (Å²) in [6, 6.07) is 26.5. The van der Waals surface area contributed by atoms with Crippen LogP contribution in [0.1, 0.15) is 34.0 Å². The first-order valence-electron chi connectivity index (χ1n) is 12.1. The van der Waals surface area contributed by atoms with Gasteiger partial charge in [-0.1, -0.05) is 62.1 Å². The van der Waals surface area contributed by atoms with Crippen molar-refractivity contribution in [2.45, 2.75) is 32.1 Å². The standard InChI is InChI=1S/C29H25NO/c1-2-8-22(9-3-1)23-10-12-28-25(18-23)26-19-24(11-13-29(26)31-28)27-17-21(14-15-30-27)16-20-6-4-5-7-20/h1-3,8-15,17-20H,4-7,16H2/i16D2. The van der Waals surface area contributed by atoms with Gasteiger partial charge < -0.3 is 4.42 Å². The molecule has 0 N–H and O–H groups in total. The molecule has 1 fully saturated rings. The zero-order valence-electron chi connectivity index (χ0n) is 19.3. The lowest BCUT2D eigenvalue weighted by molar-refractivity contribution is 0.546. The van der Waals surface area contributed by atoms with Gasteiger partial charge in [0.2, 0.25) is 0 Å². The molecule has 6 rings (SSSR count). The van der Waals surface area contributed by atoms with E-state index in [2.05, 4.69) is 35.3 Å². The van der Waals surface area contributed by atoms with Gasteiger partial charge in [-0.25, -0.2) is 0 Å². The monoisotopic (exact) mass is 405 g/mol. The molecule has 2 heteroatoms. The number of pyridine rings is 1. The predicted molar refractivity (Wildman–Crippen MR) is 128 cm³/mol. The second-order valence-corrected chi connectivity index (χ2v) is 8.45. The van der Waals surface area contributed by atoms with Gasteiger partial charge in [-0.2, -0.15) is 0 Å². The number of furan rings is 1. The molecule has 0 saturated heterocycles. The maximum atomic E-state index is 8.77. The maximum Gasteiger partial charge on any atom is 0.135 e. The summed E-state index contributed by atoms with van der Waals surface area (Å²) in [5.41, 5.74) is 6.53. The molecule has 0 spiro atoms. The van der Waals surface area contributed by atoms with Gasteiger partial charge in [-0.15, -0.1) is 0 Å². The summed E-state index contributed by atoms with van der Waals surface area (Å²) in [5, 5.41) is 2.12. The van der Waals surface area contributed by atoms with Crippen molar-refractivity contribution >= 4 is 21.9 Å². The molecule has 3 aromatic carbocycles. The molecule has 0 atom stereocenters. The van der Waals surface area contributed by atoms with Gasteiger partial charge in [-0.05, 0) is 71.4 Å². The van der Waals surface area contributed by atoms with E-state index in [0.29, 0.717) is 0 Å². The van der Waals surface area contributed by atoms with Gasteiger partial charge in [0.1, 0.15) is 11.2 Å². The van der Waals surface area contributed by atoms with Crippen LogP contribution in [0.15, 0.2) is 89.5 Å². The van der Waals surface area contributed by atoms with Gasteiger partial charge in [0.15, 0.2) is 0 Å². The van der Waals surface area contributed by atoms with Crippen molar-refractivity contribution < 1.29 is 7.16 Å². The summed E-state index contributed by atoms with van der Waals surface area (Å²) in [5.74, 6) is 0.0875. The van der Waals surface area contributed by atoms with E-state index >= 15 is 0 Å². The Balaban J connectivity index is 1.44. The highest BCUT2D eigenvalue weighted by atomic mass is 16.3. The Morgan fingerprint density at radius 3 is 2.26 bits per heavy atom. The van der Waals surface area contributed by atoms with Crippen LogP contribution in [0.3, 0.4) is 0 Å². The van der Waals surface area contributed by atoms with Crippen molar-refractivity contribution in [3.63, 3.8) is 0 Å². The smallest absolute Gasteiger partial charge is 0.135 e. The van der Waals surface area contributed by atoms with E-state index in [1.807, 2.05) is 48.5 Å². The van der Waals surface area contributed by atoms with Gasteiger partial charge in [0.25, 0.3) is 0 Å². The van der Waals surface area contributed by atoms with Crippen molar-refractivity contribution in [2.24, 2.45) is 5.92 Å². The highest BCUT2D eigenvalue weighted by Gasteiger charge is 2.16. The minimum absolute atomic E-state index is 0.0875. The molecule has 152 valence electrons. The first-order chi connectivity index (χ1) is 16.1. The molecule has 31 heavy (non-hydrogen) atoms. The van der Waals surface area contributed by atoms with Gasteiger partial charge in [-0.3, -0.25) is 4.98 Å². The Labute approximate surface area is 185 Å². The minimum Gasteiger partial charge on any atom is -0.456 e. The lowest BCUT2D eigenvalue weighted by Crippen LogP contribution is -1.99. The molecule has 1 aliphatic carbocycles. The molecular formula is C29H25NO. The van der Waals surface area contributed by atoms with E-state index < -0.39 is 6.37 Å². The highest BCUT2D eigenvalue weighted by molar-refractivity contribution is 6.07. The van der Waals surface area contributed by atoms with E-state index in [9.17, 15) is 0 Å². The van der Waals surface area contributed by atoms with Crippen LogP contribution in [0.5, 0.6) is 0 Å². The number of aromatic nitrogens is 1. The first kappa shape index (κ1) is 16.3. The largest absolute Gasteiger partial charge is 0.456 e. The summed E-state index contributed by atoms with van der Waals surface area (Å²) in [6.07, 6.45) is 4.57. The average Bonchev–Trinajstić information content (AvgIpc) is 3.53. The van der Waals surface area contributed by atoms with Crippen molar-refractivity contribution in [3.8, 4) is 22.4 Å². The zero-order chi connectivity index (χ0) is 22.4. The Bertz CT molecular complexity index is 1450. The number of hydrogen-bond donors (Lipinski definition) is 0. The number of hydrogen-bond acceptors (Lipinski definition) is 2. The molecule has 0 aliphatic heterocycles. The topological polar surface area (TPSA) is 26.0 Å². The second kappa shape index (κ2) is 7.70. The molecule has 2 aromatic heterocycles. The second-order valence-electron chi connectivity index (χ2n) is 8.45. The average molecular weight is 406 g/mol. The third-order valence-electron chi connectivity index (χ3n) is 6.36. The lowest BCUT2D eigenvalue weighted by atomic mass is 9.97. The van der Waals surface area contributed by atoms with E-state index in [0.717, 1.165) is 70.0 Å². The summed E-state index contributed by atoms with van der Waals surface area (Å²) < 4.78 is 23.6. The molecule has 5 aromatic rings. The van der Waals surface area contributed by atoms with Crippen molar-refractivity contribution in [3.05, 3.63) is 90.6 Å². The normalized spacial score (nSPS) is 16.0. The first-order valence-corrected chi connectivity index (χ1v) is 11.1. The van der Waals surface area contributed by atoms with Crippen LogP contribution in [0.25, 0.3) is 44.3 Å². The summed E-state index contributed by atoms with van der Waals surface area (Å²) in [4.78, 5) is 4.59. The zero-order valence-corrected chi connectivity index (χ0v) is 17.3. The molecule has 1 aliphatic rings. The molecule has 2 nitrogen and oxygen atoms in total. The SMILES string of the molecule is [2H]C([2H])(c1ccnc(-c2ccc3oc4ccc(-c5ccccc5)cc4c3c2)c1)C1CCCC1. The molecule has 0 radical (unpaired) electrons. The van der Waals surface area contributed by atoms with Gasteiger partial charge >= 0.3 is 0 Å². The van der Waals surface area contributed by atoms with Crippen LogP contribution in [-0.2, 0) is 6.37 Å². The lowest BCUT2D eigenvalue weighted by Gasteiger charge is -2.10. The summed E-state index contributed by atoms with van der Waals surface area (Å²) >= 11 is 0. The third kappa shape index (κ3) is 3.53. The van der Waals surface area contributed by atoms with Gasteiger partial charge in [0.05, 0.1) is 5.69 Å². The van der Waals surface area contributed by atoms with Crippen LogP contribution >= 0.6 is 0 Å². The van der Waals surface area contributed by atoms with E-state index in [1.165, 1.54) is 5.56 Å². The molecule has 1 saturated carbocycles. The van der Waals surface area contributed by atoms with E-state index in [1.54, 1.807) is 6.20 Å². The Kier molecular flexibility index (Phi) is 4.05. The predicted octanol–water partition coefficient (Wildman–Crippen LogP) is 8.05. The van der Waals surface area contributed by atoms with E-state index in [-0.39, 0.29) is 5.92 Å². The molecular weight excluding hydrogens is 378 g/mol. The number of benzene rings is 3. The molecule has 0 amide bonds. The van der Waals surface area contributed by atoms with Crippen LogP contribution in [0.4, 0.5) is 0 Å². The maximum absolute atomic E-state index is 8.77. The van der Waals surface area contributed by atoms with Crippen LogP contribution in [-0.4, -0.2) is 4.98 Å². The van der Waals surface area contributed by atoms with Crippen molar-refractivity contribution in [1.82, 2.24) is 4.98 Å².